The molecule has 0 radical (unpaired) electrons. The van der Waals surface area contributed by atoms with Gasteiger partial charge in [0.1, 0.15) is 11.6 Å². The Morgan fingerprint density at radius 2 is 2.19 bits per heavy atom. The van der Waals surface area contributed by atoms with E-state index in [4.69, 9.17) is 9.84 Å². The minimum atomic E-state index is -1.13. The maximum Gasteiger partial charge on any atom is 0.299 e. The zero-order chi connectivity index (χ0) is 18.8. The number of carbonyl (C=O) groups excluding carboxylic acids is 1. The van der Waals surface area contributed by atoms with Gasteiger partial charge in [0.2, 0.25) is 6.35 Å². The van der Waals surface area contributed by atoms with E-state index in [0.29, 0.717) is 30.5 Å². The molecule has 0 bridgehead atoms. The quantitative estimate of drug-likeness (QED) is 0.731. The highest BCUT2D eigenvalue weighted by atomic mass is 32.1. The number of aryl methyl sites for hydroxylation is 1. The minimum Gasteiger partial charge on any atom is -0.457 e. The number of imidazole rings is 1. The van der Waals surface area contributed by atoms with Crippen LogP contribution in [-0.4, -0.2) is 62.1 Å². The Morgan fingerprint density at radius 1 is 1.42 bits per heavy atom. The lowest BCUT2D eigenvalue weighted by molar-refractivity contribution is 0.00109. The van der Waals surface area contributed by atoms with Gasteiger partial charge < -0.3 is 19.8 Å². The summed E-state index contributed by atoms with van der Waals surface area (Å²) >= 11 is 1.54. The van der Waals surface area contributed by atoms with Crippen LogP contribution in [0.1, 0.15) is 33.7 Å². The molecule has 3 rings (SSSR count). The second-order valence-corrected chi connectivity index (χ2v) is 7.32. The summed E-state index contributed by atoms with van der Waals surface area (Å²) in [5, 5.41) is 20.3. The van der Waals surface area contributed by atoms with Crippen LogP contribution in [0.15, 0.2) is 6.20 Å². The van der Waals surface area contributed by atoms with Gasteiger partial charge in [-0.25, -0.2) is 4.98 Å². The Hall–Kier alpha value is -2.17. The number of aromatic nitrogens is 3. The maximum atomic E-state index is 12.9. The number of rotatable bonds is 7. The SMILES string of the molecule is CCn1c(OCc2ncc(C)s2)nc2c1C(=O)N(CCCO)C(O)N2C. The van der Waals surface area contributed by atoms with E-state index >= 15 is 0 Å². The number of ether oxygens (including phenoxy) is 1. The Balaban J connectivity index is 1.90. The molecule has 1 aliphatic rings. The van der Waals surface area contributed by atoms with Gasteiger partial charge in [-0.1, -0.05) is 0 Å². The van der Waals surface area contributed by atoms with Crippen molar-refractivity contribution < 1.29 is 19.7 Å². The standard InChI is InChI=1S/C16H23N5O4S/c1-4-20-12-13(18-15(20)25-9-11-17-8-10(2)26-11)19(3)16(24)21(14(12)23)6-5-7-22/h8,16,22,24H,4-7,9H2,1-3H3. The maximum absolute atomic E-state index is 12.9. The molecule has 10 heteroatoms. The normalized spacial score (nSPS) is 17.0. The first-order valence-electron chi connectivity index (χ1n) is 8.45. The molecule has 1 unspecified atom stereocenters. The van der Waals surface area contributed by atoms with Crippen molar-refractivity contribution in [1.29, 1.82) is 0 Å². The van der Waals surface area contributed by atoms with Gasteiger partial charge in [-0.05, 0) is 20.3 Å². The minimum absolute atomic E-state index is 0.0539. The van der Waals surface area contributed by atoms with E-state index in [0.717, 1.165) is 9.88 Å². The van der Waals surface area contributed by atoms with Crippen LogP contribution < -0.4 is 9.64 Å². The highest BCUT2D eigenvalue weighted by Gasteiger charge is 2.39. The van der Waals surface area contributed by atoms with E-state index < -0.39 is 6.35 Å². The molecule has 142 valence electrons. The second-order valence-electron chi connectivity index (χ2n) is 6.00. The summed E-state index contributed by atoms with van der Waals surface area (Å²) in [5.41, 5.74) is 0.378. The summed E-state index contributed by atoms with van der Waals surface area (Å²) in [5.74, 6) is 0.0586. The van der Waals surface area contributed by atoms with E-state index in [9.17, 15) is 9.90 Å². The molecule has 2 N–H and O–H groups in total. The van der Waals surface area contributed by atoms with Gasteiger partial charge in [-0.2, -0.15) is 4.98 Å². The summed E-state index contributed by atoms with van der Waals surface area (Å²) in [6.07, 6.45) is 1.04. The Bertz CT molecular complexity index is 790. The first-order valence-corrected chi connectivity index (χ1v) is 9.26. The molecule has 1 aliphatic heterocycles. The topological polar surface area (TPSA) is 104 Å². The molecule has 0 aromatic carbocycles. The molecular weight excluding hydrogens is 358 g/mol. The van der Waals surface area contributed by atoms with Crippen molar-refractivity contribution in [1.82, 2.24) is 19.4 Å². The van der Waals surface area contributed by atoms with Crippen molar-refractivity contribution in [3.63, 3.8) is 0 Å². The third kappa shape index (κ3) is 3.27. The van der Waals surface area contributed by atoms with Crippen molar-refractivity contribution in [2.24, 2.45) is 0 Å². The molecule has 3 heterocycles. The number of anilines is 1. The molecule has 2 aromatic heterocycles. The molecule has 0 spiro atoms. The predicted molar refractivity (Wildman–Crippen MR) is 96.2 cm³/mol. The van der Waals surface area contributed by atoms with Gasteiger partial charge >= 0.3 is 0 Å². The van der Waals surface area contributed by atoms with Crippen molar-refractivity contribution >= 4 is 23.1 Å². The number of thiazole rings is 1. The first-order chi connectivity index (χ1) is 12.5. The van der Waals surface area contributed by atoms with Crippen LogP contribution in [0.4, 0.5) is 5.82 Å². The molecule has 26 heavy (non-hydrogen) atoms. The van der Waals surface area contributed by atoms with Gasteiger partial charge in [-0.15, -0.1) is 11.3 Å². The molecule has 0 fully saturated rings. The van der Waals surface area contributed by atoms with Crippen molar-refractivity contribution in [2.45, 2.75) is 39.8 Å². The lowest BCUT2D eigenvalue weighted by Crippen LogP contribution is -2.54. The highest BCUT2D eigenvalue weighted by molar-refractivity contribution is 7.11. The number of fused-ring (bicyclic) bond motifs is 1. The molecule has 0 saturated heterocycles. The summed E-state index contributed by atoms with van der Waals surface area (Å²) < 4.78 is 7.51. The molecule has 9 nitrogen and oxygen atoms in total. The number of aliphatic hydroxyl groups is 2. The number of amides is 1. The Kier molecular flexibility index (Phi) is 5.44. The third-order valence-corrected chi connectivity index (χ3v) is 5.09. The van der Waals surface area contributed by atoms with Crippen LogP contribution in [0, 0.1) is 6.92 Å². The third-order valence-electron chi connectivity index (χ3n) is 4.20. The van der Waals surface area contributed by atoms with Crippen LogP contribution in [-0.2, 0) is 13.2 Å². The summed E-state index contributed by atoms with van der Waals surface area (Å²) in [4.78, 5) is 25.5. The van der Waals surface area contributed by atoms with Gasteiger partial charge in [0.05, 0.1) is 0 Å². The summed E-state index contributed by atoms with van der Waals surface area (Å²) in [6.45, 7) is 4.84. The molecule has 1 amide bonds. The summed E-state index contributed by atoms with van der Waals surface area (Å²) in [7, 11) is 1.67. The largest absolute Gasteiger partial charge is 0.457 e. The van der Waals surface area contributed by atoms with Crippen molar-refractivity contribution in [3.8, 4) is 6.01 Å². The van der Waals surface area contributed by atoms with E-state index in [-0.39, 0.29) is 25.7 Å². The lowest BCUT2D eigenvalue weighted by atomic mass is 10.2. The number of carbonyl (C=O) groups is 1. The number of hydrogen-bond donors (Lipinski definition) is 2. The van der Waals surface area contributed by atoms with Gasteiger partial charge in [0.25, 0.3) is 11.9 Å². The Morgan fingerprint density at radius 3 is 2.81 bits per heavy atom. The van der Waals surface area contributed by atoms with Crippen molar-refractivity contribution in [3.05, 3.63) is 21.8 Å². The first kappa shape index (κ1) is 18.6. The molecule has 2 aromatic rings. The van der Waals surface area contributed by atoms with Crippen LogP contribution in [0.3, 0.4) is 0 Å². The van der Waals surface area contributed by atoms with Gasteiger partial charge in [0.15, 0.2) is 11.5 Å². The van der Waals surface area contributed by atoms with Crippen LogP contribution in [0.25, 0.3) is 0 Å². The average molecular weight is 381 g/mol. The van der Waals surface area contributed by atoms with E-state index in [1.807, 2.05) is 13.8 Å². The number of hydrogen-bond acceptors (Lipinski definition) is 8. The predicted octanol–water partition coefficient (Wildman–Crippen LogP) is 0.797. The van der Waals surface area contributed by atoms with Gasteiger partial charge in [0, 0.05) is 37.8 Å². The molecule has 1 atom stereocenters. The molecule has 0 aliphatic carbocycles. The smallest absolute Gasteiger partial charge is 0.299 e. The zero-order valence-electron chi connectivity index (χ0n) is 15.0. The van der Waals surface area contributed by atoms with E-state index in [1.54, 1.807) is 29.1 Å². The highest BCUT2D eigenvalue weighted by Crippen LogP contribution is 2.32. The van der Waals surface area contributed by atoms with Crippen LogP contribution in [0.2, 0.25) is 0 Å². The summed E-state index contributed by atoms with van der Waals surface area (Å²) in [6, 6.07) is 0.321. The Labute approximate surface area is 155 Å². The van der Waals surface area contributed by atoms with E-state index in [1.165, 1.54) is 9.80 Å². The fourth-order valence-electron chi connectivity index (χ4n) is 2.89. The lowest BCUT2D eigenvalue weighted by Gasteiger charge is -2.38. The fraction of sp³-hybridized carbons (Fsp3) is 0.562. The number of nitrogens with zero attached hydrogens (tertiary/aromatic N) is 5. The van der Waals surface area contributed by atoms with Crippen LogP contribution >= 0.6 is 11.3 Å². The van der Waals surface area contributed by atoms with Gasteiger partial charge in [-0.3, -0.25) is 14.3 Å². The monoisotopic (exact) mass is 381 g/mol. The van der Waals surface area contributed by atoms with E-state index in [2.05, 4.69) is 9.97 Å². The molecular formula is C16H23N5O4S. The van der Waals surface area contributed by atoms with Crippen LogP contribution in [0.5, 0.6) is 6.01 Å². The molecule has 0 saturated carbocycles. The second kappa shape index (κ2) is 7.60. The van der Waals surface area contributed by atoms with Crippen molar-refractivity contribution in [2.75, 3.05) is 25.1 Å². The fourth-order valence-corrected chi connectivity index (χ4v) is 3.59. The average Bonchev–Trinajstić information content (AvgIpc) is 3.21. The zero-order valence-corrected chi connectivity index (χ0v) is 15.9. The number of aliphatic hydroxyl groups excluding tert-OH is 2.